The van der Waals surface area contributed by atoms with Gasteiger partial charge in [0.1, 0.15) is 5.54 Å². The number of ether oxygens (including phenoxy) is 1. The molecule has 106 valence electrons. The Hall–Kier alpha value is -0.290. The summed E-state index contributed by atoms with van der Waals surface area (Å²) in [6, 6.07) is -0.0804. The van der Waals surface area contributed by atoms with Crippen molar-refractivity contribution in [1.29, 1.82) is 0 Å². The molecule has 1 N–H and O–H groups in total. The van der Waals surface area contributed by atoms with Gasteiger partial charge in [-0.05, 0) is 32.6 Å². The Morgan fingerprint density at radius 3 is 2.28 bits per heavy atom. The summed E-state index contributed by atoms with van der Waals surface area (Å²) in [5.74, 6) is 0. The van der Waals surface area contributed by atoms with Crippen molar-refractivity contribution in [1.82, 2.24) is 5.32 Å². The van der Waals surface area contributed by atoms with Crippen LogP contribution in [0, 0.1) is 5.41 Å². The first kappa shape index (κ1) is 14.1. The summed E-state index contributed by atoms with van der Waals surface area (Å²) < 4.78 is 44.4. The minimum Gasteiger partial charge on any atom is -0.378 e. The van der Waals surface area contributed by atoms with Crippen LogP contribution in [0.3, 0.4) is 0 Å². The third-order valence-corrected chi connectivity index (χ3v) is 4.85. The normalized spacial score (nSPS) is 38.3. The number of nitrogens with one attached hydrogen (secondary N) is 1. The fourth-order valence-electron chi connectivity index (χ4n) is 2.94. The van der Waals surface area contributed by atoms with Crippen molar-refractivity contribution < 1.29 is 17.9 Å². The van der Waals surface area contributed by atoms with E-state index < -0.39 is 11.7 Å². The van der Waals surface area contributed by atoms with Crippen LogP contribution in [0.4, 0.5) is 13.2 Å². The maximum atomic E-state index is 12.9. The van der Waals surface area contributed by atoms with Crippen LogP contribution < -0.4 is 5.32 Å². The number of hydrogen-bond acceptors (Lipinski definition) is 2. The molecule has 0 heterocycles. The standard InChI is InChI=1S/C13H22F3NO/c1-4-11(3)9(8-10(11)18-5-2)17-12(6-7-12)13(14,15)16/h9-10,17H,4-8H2,1-3H3. The van der Waals surface area contributed by atoms with Crippen LogP contribution in [-0.4, -0.2) is 30.5 Å². The summed E-state index contributed by atoms with van der Waals surface area (Å²) >= 11 is 0. The molecule has 0 saturated heterocycles. The molecular formula is C13H22F3NO. The number of rotatable bonds is 5. The lowest BCUT2D eigenvalue weighted by atomic mass is 9.61. The molecule has 2 aliphatic rings. The van der Waals surface area contributed by atoms with Crippen LogP contribution in [0.1, 0.15) is 46.5 Å². The van der Waals surface area contributed by atoms with Crippen LogP contribution in [0.5, 0.6) is 0 Å². The first-order valence-corrected chi connectivity index (χ1v) is 6.75. The van der Waals surface area contributed by atoms with E-state index in [9.17, 15) is 13.2 Å². The highest BCUT2D eigenvalue weighted by Gasteiger charge is 2.66. The minimum absolute atomic E-state index is 0.0804. The highest BCUT2D eigenvalue weighted by Crippen LogP contribution is 2.53. The topological polar surface area (TPSA) is 21.3 Å². The van der Waals surface area contributed by atoms with Crippen LogP contribution >= 0.6 is 0 Å². The molecule has 18 heavy (non-hydrogen) atoms. The van der Waals surface area contributed by atoms with Crippen molar-refractivity contribution >= 4 is 0 Å². The molecule has 2 saturated carbocycles. The molecule has 3 atom stereocenters. The largest absolute Gasteiger partial charge is 0.406 e. The zero-order valence-corrected chi connectivity index (χ0v) is 11.2. The lowest BCUT2D eigenvalue weighted by molar-refractivity contribution is -0.187. The molecule has 3 unspecified atom stereocenters. The molecule has 0 bridgehead atoms. The molecule has 0 aromatic carbocycles. The van der Waals surface area contributed by atoms with Crippen LogP contribution in [0.15, 0.2) is 0 Å². The molecule has 2 aliphatic carbocycles. The van der Waals surface area contributed by atoms with Crippen molar-refractivity contribution in [2.75, 3.05) is 6.61 Å². The van der Waals surface area contributed by atoms with Gasteiger partial charge in [0.15, 0.2) is 0 Å². The first-order chi connectivity index (χ1) is 8.29. The molecule has 0 amide bonds. The Morgan fingerprint density at radius 2 is 1.89 bits per heavy atom. The summed E-state index contributed by atoms with van der Waals surface area (Å²) in [7, 11) is 0. The quantitative estimate of drug-likeness (QED) is 0.823. The molecule has 2 rings (SSSR count). The van der Waals surface area contributed by atoms with E-state index in [4.69, 9.17) is 4.74 Å². The highest BCUT2D eigenvalue weighted by molar-refractivity contribution is 5.15. The second-order valence-corrected chi connectivity index (χ2v) is 5.82. The number of hydrogen-bond donors (Lipinski definition) is 1. The third-order valence-electron chi connectivity index (χ3n) is 4.85. The van der Waals surface area contributed by atoms with E-state index in [2.05, 4.69) is 5.32 Å². The molecule has 2 nitrogen and oxygen atoms in total. The van der Waals surface area contributed by atoms with Crippen LogP contribution in [0.25, 0.3) is 0 Å². The average Bonchev–Trinajstić information content (AvgIpc) is 3.07. The van der Waals surface area contributed by atoms with E-state index >= 15 is 0 Å². The van der Waals surface area contributed by atoms with Gasteiger partial charge >= 0.3 is 6.18 Å². The molecule has 0 aliphatic heterocycles. The zero-order valence-electron chi connectivity index (χ0n) is 11.2. The van der Waals surface area contributed by atoms with Crippen molar-refractivity contribution in [2.45, 2.75) is 70.3 Å². The Labute approximate surface area is 106 Å². The average molecular weight is 265 g/mol. The molecule has 5 heteroatoms. The smallest absolute Gasteiger partial charge is 0.378 e. The van der Waals surface area contributed by atoms with E-state index in [-0.39, 0.29) is 30.4 Å². The lowest BCUT2D eigenvalue weighted by Crippen LogP contribution is -2.66. The van der Waals surface area contributed by atoms with Gasteiger partial charge in [0.05, 0.1) is 6.10 Å². The van der Waals surface area contributed by atoms with Crippen molar-refractivity contribution in [3.63, 3.8) is 0 Å². The van der Waals surface area contributed by atoms with Gasteiger partial charge in [-0.15, -0.1) is 0 Å². The van der Waals surface area contributed by atoms with Crippen LogP contribution in [-0.2, 0) is 4.74 Å². The highest BCUT2D eigenvalue weighted by atomic mass is 19.4. The maximum absolute atomic E-state index is 12.9. The second-order valence-electron chi connectivity index (χ2n) is 5.82. The SMILES string of the molecule is CCOC1CC(NC2(C(F)(F)F)CC2)C1(C)CC. The summed E-state index contributed by atoms with van der Waals surface area (Å²) in [4.78, 5) is 0. The summed E-state index contributed by atoms with van der Waals surface area (Å²) in [5.41, 5.74) is -1.78. The van der Waals surface area contributed by atoms with Gasteiger partial charge in [-0.25, -0.2) is 0 Å². The van der Waals surface area contributed by atoms with E-state index in [0.29, 0.717) is 13.0 Å². The monoisotopic (exact) mass is 265 g/mol. The van der Waals surface area contributed by atoms with Gasteiger partial charge in [-0.1, -0.05) is 13.8 Å². The second kappa shape index (κ2) is 4.37. The Bertz CT molecular complexity index is 314. The van der Waals surface area contributed by atoms with Crippen LogP contribution in [0.2, 0.25) is 0 Å². The summed E-state index contributed by atoms with van der Waals surface area (Å²) in [5, 5.41) is 2.87. The van der Waals surface area contributed by atoms with Gasteiger partial charge in [-0.2, -0.15) is 13.2 Å². The third kappa shape index (κ3) is 2.05. The van der Waals surface area contributed by atoms with E-state index in [1.165, 1.54) is 0 Å². The van der Waals surface area contributed by atoms with Gasteiger partial charge in [0.25, 0.3) is 0 Å². The molecule has 0 spiro atoms. The molecular weight excluding hydrogens is 243 g/mol. The molecule has 2 fully saturated rings. The fraction of sp³-hybridized carbons (Fsp3) is 1.00. The van der Waals surface area contributed by atoms with Gasteiger partial charge in [-0.3, -0.25) is 0 Å². The van der Waals surface area contributed by atoms with Gasteiger partial charge < -0.3 is 10.1 Å². The molecule has 0 radical (unpaired) electrons. The van der Waals surface area contributed by atoms with Crippen molar-refractivity contribution in [3.8, 4) is 0 Å². The van der Waals surface area contributed by atoms with E-state index in [1.54, 1.807) is 0 Å². The van der Waals surface area contributed by atoms with E-state index in [1.807, 2.05) is 20.8 Å². The predicted molar refractivity (Wildman–Crippen MR) is 63.4 cm³/mol. The van der Waals surface area contributed by atoms with Crippen molar-refractivity contribution in [3.05, 3.63) is 0 Å². The Kier molecular flexibility index (Phi) is 3.43. The van der Waals surface area contributed by atoms with E-state index in [0.717, 1.165) is 6.42 Å². The first-order valence-electron chi connectivity index (χ1n) is 6.75. The van der Waals surface area contributed by atoms with Crippen molar-refractivity contribution in [2.24, 2.45) is 5.41 Å². The molecule has 0 aromatic heterocycles. The molecule has 0 aromatic rings. The lowest BCUT2D eigenvalue weighted by Gasteiger charge is -2.55. The Balaban J connectivity index is 2.00. The fourth-order valence-corrected chi connectivity index (χ4v) is 2.94. The number of halogens is 3. The summed E-state index contributed by atoms with van der Waals surface area (Å²) in [6.07, 6.45) is -2.08. The van der Waals surface area contributed by atoms with Gasteiger partial charge in [0, 0.05) is 18.1 Å². The minimum atomic E-state index is -4.13. The zero-order chi connectivity index (χ0) is 13.6. The summed E-state index contributed by atoms with van der Waals surface area (Å²) in [6.45, 7) is 6.60. The van der Waals surface area contributed by atoms with Gasteiger partial charge in [0.2, 0.25) is 0 Å². The maximum Gasteiger partial charge on any atom is 0.406 e. The predicted octanol–water partition coefficient (Wildman–Crippen LogP) is 3.26. The Morgan fingerprint density at radius 1 is 1.28 bits per heavy atom. The number of alkyl halides is 3.